The molecule has 0 aromatic heterocycles. The van der Waals surface area contributed by atoms with Gasteiger partial charge in [0.1, 0.15) is 0 Å². The predicted octanol–water partition coefficient (Wildman–Crippen LogP) is 3.42. The average Bonchev–Trinajstić information content (AvgIpc) is 2.15. The second-order valence-corrected chi connectivity index (χ2v) is 3.91. The van der Waals surface area contributed by atoms with Crippen molar-refractivity contribution >= 4 is 29.1 Å². The van der Waals surface area contributed by atoms with E-state index >= 15 is 0 Å². The number of hydrogen-bond donors (Lipinski definition) is 0. The second-order valence-electron chi connectivity index (χ2n) is 2.56. The molecule has 0 N–H and O–H groups in total. The highest BCUT2D eigenvalue weighted by molar-refractivity contribution is 7.98. The van der Waals surface area contributed by atoms with Gasteiger partial charge < -0.3 is 0 Å². The number of Topliss-reactive ketones (excluding diaryl/α,β-unsaturated/α-hetero) is 1. The third-order valence-electron chi connectivity index (χ3n) is 1.61. The first-order valence-electron chi connectivity index (χ1n) is 3.70. The van der Waals surface area contributed by atoms with Crippen molar-refractivity contribution in [1.29, 1.82) is 0 Å². The van der Waals surface area contributed by atoms with E-state index in [1.54, 1.807) is 12.1 Å². The van der Waals surface area contributed by atoms with E-state index in [4.69, 9.17) is 0 Å². The lowest BCUT2D eigenvalue weighted by molar-refractivity contribution is 0.0536. The number of carbonyl (C=O) groups is 1. The van der Waals surface area contributed by atoms with Crippen LogP contribution in [0.4, 0.5) is 8.78 Å². The second kappa shape index (κ2) is 4.28. The lowest BCUT2D eigenvalue weighted by Crippen LogP contribution is -2.21. The fraction of sp³-hybridized carbons (Fsp3) is 0.222. The van der Waals surface area contributed by atoms with Crippen LogP contribution in [-0.4, -0.2) is 17.4 Å². The maximum Gasteiger partial charge on any atom is 0.384 e. The molecule has 0 fully saturated rings. The largest absolute Gasteiger partial charge is 0.384 e. The van der Waals surface area contributed by atoms with E-state index in [-0.39, 0.29) is 5.56 Å². The zero-order chi connectivity index (χ0) is 10.8. The van der Waals surface area contributed by atoms with E-state index in [9.17, 15) is 13.6 Å². The lowest BCUT2D eigenvalue weighted by Gasteiger charge is -2.06. The Bertz CT molecular complexity index is 332. The number of hydrogen-bond acceptors (Lipinski definition) is 2. The topological polar surface area (TPSA) is 17.1 Å². The van der Waals surface area contributed by atoms with Crippen LogP contribution in [0.2, 0.25) is 0 Å². The molecule has 0 unspecified atom stereocenters. The molecule has 0 aliphatic heterocycles. The minimum atomic E-state index is -3.82. The summed E-state index contributed by atoms with van der Waals surface area (Å²) in [6.45, 7) is 0. The Morgan fingerprint density at radius 1 is 1.36 bits per heavy atom. The number of ketones is 1. The molecule has 1 aromatic carbocycles. The van der Waals surface area contributed by atoms with Crippen LogP contribution in [0.1, 0.15) is 10.4 Å². The van der Waals surface area contributed by atoms with Crippen LogP contribution in [0.25, 0.3) is 0 Å². The molecule has 76 valence electrons. The van der Waals surface area contributed by atoms with Crippen LogP contribution < -0.4 is 0 Å². The third-order valence-corrected chi connectivity index (χ3v) is 2.52. The van der Waals surface area contributed by atoms with Gasteiger partial charge in [0.2, 0.25) is 5.78 Å². The first kappa shape index (κ1) is 11.5. The Labute approximate surface area is 89.4 Å². The Kier molecular flexibility index (Phi) is 3.50. The normalized spacial score (nSPS) is 11.4. The van der Waals surface area contributed by atoms with Crippen LogP contribution in [0.3, 0.4) is 0 Å². The van der Waals surface area contributed by atoms with Crippen molar-refractivity contribution in [1.82, 2.24) is 0 Å². The SMILES string of the molecule is CSc1ccc(C(=O)C(F)(F)Cl)cc1. The molecule has 5 heteroatoms. The van der Waals surface area contributed by atoms with Gasteiger partial charge in [0.15, 0.2) is 0 Å². The fourth-order valence-electron chi connectivity index (χ4n) is 0.906. The van der Waals surface area contributed by atoms with E-state index in [0.29, 0.717) is 0 Å². The zero-order valence-corrected chi connectivity index (χ0v) is 8.83. The summed E-state index contributed by atoms with van der Waals surface area (Å²) in [6.07, 6.45) is 1.85. The maximum atomic E-state index is 12.4. The minimum absolute atomic E-state index is 0.0807. The van der Waals surface area contributed by atoms with Crippen LogP contribution in [-0.2, 0) is 0 Å². The number of halogens is 3. The van der Waals surface area contributed by atoms with Crippen molar-refractivity contribution < 1.29 is 13.6 Å². The summed E-state index contributed by atoms with van der Waals surface area (Å²) in [6, 6.07) is 5.87. The smallest absolute Gasteiger partial charge is 0.286 e. The van der Waals surface area contributed by atoms with Crippen LogP contribution in [0.5, 0.6) is 0 Å². The molecule has 1 rings (SSSR count). The summed E-state index contributed by atoms with van der Waals surface area (Å²) in [7, 11) is 0. The van der Waals surface area contributed by atoms with Gasteiger partial charge in [-0.2, -0.15) is 8.78 Å². The molecular formula is C9H7ClF2OS. The molecule has 0 saturated carbocycles. The first-order valence-corrected chi connectivity index (χ1v) is 5.31. The third kappa shape index (κ3) is 2.69. The van der Waals surface area contributed by atoms with Crippen LogP contribution in [0.15, 0.2) is 29.2 Å². The molecule has 0 radical (unpaired) electrons. The van der Waals surface area contributed by atoms with Crippen molar-refractivity contribution in [3.63, 3.8) is 0 Å². The molecule has 14 heavy (non-hydrogen) atoms. The maximum absolute atomic E-state index is 12.4. The van der Waals surface area contributed by atoms with Gasteiger partial charge in [-0.15, -0.1) is 11.8 Å². The molecule has 1 nitrogen and oxygen atoms in total. The van der Waals surface area contributed by atoms with Gasteiger partial charge >= 0.3 is 5.38 Å². The van der Waals surface area contributed by atoms with Gasteiger partial charge in [-0.3, -0.25) is 4.79 Å². The summed E-state index contributed by atoms with van der Waals surface area (Å²) in [4.78, 5) is 11.9. The van der Waals surface area contributed by atoms with Crippen molar-refractivity contribution in [3.8, 4) is 0 Å². The van der Waals surface area contributed by atoms with Crippen molar-refractivity contribution in [2.24, 2.45) is 0 Å². The van der Waals surface area contributed by atoms with Crippen LogP contribution in [0, 0.1) is 0 Å². The van der Waals surface area contributed by atoms with Crippen molar-refractivity contribution in [2.45, 2.75) is 10.3 Å². The van der Waals surface area contributed by atoms with E-state index in [0.717, 1.165) is 4.90 Å². The van der Waals surface area contributed by atoms with Crippen LogP contribution >= 0.6 is 23.4 Å². The van der Waals surface area contributed by atoms with E-state index in [1.807, 2.05) is 6.26 Å². The summed E-state index contributed by atoms with van der Waals surface area (Å²) in [5, 5.41) is -3.82. The molecule has 0 saturated heterocycles. The van der Waals surface area contributed by atoms with Gasteiger partial charge in [-0.25, -0.2) is 0 Å². The average molecular weight is 237 g/mol. The van der Waals surface area contributed by atoms with E-state index in [1.165, 1.54) is 23.9 Å². The first-order chi connectivity index (χ1) is 6.45. The van der Waals surface area contributed by atoms with E-state index in [2.05, 4.69) is 11.6 Å². The monoisotopic (exact) mass is 236 g/mol. The highest BCUT2D eigenvalue weighted by Gasteiger charge is 2.36. The molecule has 0 heterocycles. The van der Waals surface area contributed by atoms with Gasteiger partial charge in [0.25, 0.3) is 0 Å². The Morgan fingerprint density at radius 3 is 2.21 bits per heavy atom. The van der Waals surface area contributed by atoms with Crippen molar-refractivity contribution in [3.05, 3.63) is 29.8 Å². The Morgan fingerprint density at radius 2 is 1.86 bits per heavy atom. The Balaban J connectivity index is 2.93. The Hall–Kier alpha value is -0.610. The van der Waals surface area contributed by atoms with Gasteiger partial charge in [0.05, 0.1) is 0 Å². The van der Waals surface area contributed by atoms with Gasteiger partial charge in [-0.05, 0) is 30.0 Å². The summed E-state index contributed by atoms with van der Waals surface area (Å²) >= 11 is 6.07. The zero-order valence-electron chi connectivity index (χ0n) is 7.26. The fourth-order valence-corrected chi connectivity index (χ4v) is 1.42. The number of benzene rings is 1. The number of rotatable bonds is 3. The molecule has 0 amide bonds. The number of alkyl halides is 3. The summed E-state index contributed by atoms with van der Waals surface area (Å²) in [5.41, 5.74) is -0.0807. The lowest BCUT2D eigenvalue weighted by atomic mass is 10.1. The van der Waals surface area contributed by atoms with Gasteiger partial charge in [-0.1, -0.05) is 12.1 Å². The molecule has 0 aliphatic carbocycles. The molecule has 1 aromatic rings. The summed E-state index contributed by atoms with van der Waals surface area (Å²) < 4.78 is 24.8. The highest BCUT2D eigenvalue weighted by atomic mass is 35.5. The standard InChI is InChI=1S/C9H7ClF2OS/c1-14-7-4-2-6(3-5-7)8(13)9(10,11)12/h2-5H,1H3. The quantitative estimate of drug-likeness (QED) is 0.454. The molecule has 0 atom stereocenters. The highest BCUT2D eigenvalue weighted by Crippen LogP contribution is 2.25. The molecule has 0 aliphatic rings. The van der Waals surface area contributed by atoms with E-state index < -0.39 is 11.2 Å². The number of carbonyl (C=O) groups excluding carboxylic acids is 1. The predicted molar refractivity (Wildman–Crippen MR) is 53.4 cm³/mol. The van der Waals surface area contributed by atoms with Crippen molar-refractivity contribution in [2.75, 3.05) is 6.26 Å². The summed E-state index contributed by atoms with van der Waals surface area (Å²) in [5.74, 6) is -1.37. The molecule has 0 bridgehead atoms. The van der Waals surface area contributed by atoms with Gasteiger partial charge in [0, 0.05) is 10.5 Å². The molecule has 0 spiro atoms. The number of thioether (sulfide) groups is 1. The molecular weight excluding hydrogens is 230 g/mol. The minimum Gasteiger partial charge on any atom is -0.286 e.